The number of nitrogens with zero attached hydrogens (tertiary/aromatic N) is 3. The number of sulfonamides is 1. The molecule has 1 aromatic heterocycles. The lowest BCUT2D eigenvalue weighted by molar-refractivity contribution is 0.0725. The fourth-order valence-electron chi connectivity index (χ4n) is 2.52. The number of hydrogen-bond donors (Lipinski definition) is 1. The first kappa shape index (κ1) is 15.8. The van der Waals surface area contributed by atoms with Gasteiger partial charge in [-0.15, -0.1) is 0 Å². The second-order valence-electron chi connectivity index (χ2n) is 5.30. The van der Waals surface area contributed by atoms with Gasteiger partial charge in [-0.3, -0.25) is 4.79 Å². The molecule has 0 saturated carbocycles. The molecule has 1 amide bonds. The molecule has 1 unspecified atom stereocenters. The van der Waals surface area contributed by atoms with Crippen LogP contribution in [-0.2, 0) is 16.4 Å². The molecule has 7 nitrogen and oxygen atoms in total. The van der Waals surface area contributed by atoms with E-state index in [9.17, 15) is 13.2 Å². The molecule has 0 aliphatic carbocycles. The van der Waals surface area contributed by atoms with Gasteiger partial charge in [-0.2, -0.15) is 10.2 Å². The molecule has 1 atom stereocenters. The SMILES string of the molecule is CCc1nnc(C)cc1C(=O)N1CCCC(S(N)(=O)=O)C1. The second-order valence-corrected chi connectivity index (χ2v) is 7.15. The fourth-order valence-corrected chi connectivity index (χ4v) is 3.40. The van der Waals surface area contributed by atoms with Crippen LogP contribution in [0.2, 0.25) is 0 Å². The van der Waals surface area contributed by atoms with E-state index in [2.05, 4.69) is 10.2 Å². The third-order valence-corrected chi connectivity index (χ3v) is 5.00. The predicted molar refractivity (Wildman–Crippen MR) is 78.2 cm³/mol. The molecule has 1 saturated heterocycles. The maximum absolute atomic E-state index is 12.6. The van der Waals surface area contributed by atoms with Gasteiger partial charge in [0.2, 0.25) is 10.0 Å². The fraction of sp³-hybridized carbons (Fsp3) is 0.615. The molecule has 21 heavy (non-hydrogen) atoms. The van der Waals surface area contributed by atoms with Gasteiger partial charge >= 0.3 is 0 Å². The van der Waals surface area contributed by atoms with Crippen LogP contribution in [0.1, 0.15) is 41.5 Å². The third-order valence-electron chi connectivity index (χ3n) is 3.69. The van der Waals surface area contributed by atoms with Crippen LogP contribution in [0.4, 0.5) is 0 Å². The number of rotatable bonds is 3. The molecule has 0 radical (unpaired) electrons. The minimum absolute atomic E-state index is 0.141. The van der Waals surface area contributed by atoms with Crippen molar-refractivity contribution in [2.24, 2.45) is 5.14 Å². The number of aryl methyl sites for hydroxylation is 2. The van der Waals surface area contributed by atoms with E-state index in [1.807, 2.05) is 6.92 Å². The van der Waals surface area contributed by atoms with Crippen molar-refractivity contribution >= 4 is 15.9 Å². The van der Waals surface area contributed by atoms with Crippen LogP contribution in [0.15, 0.2) is 6.07 Å². The van der Waals surface area contributed by atoms with Crippen molar-refractivity contribution in [2.45, 2.75) is 38.4 Å². The molecule has 0 aromatic carbocycles. The summed E-state index contributed by atoms with van der Waals surface area (Å²) >= 11 is 0. The molecule has 2 rings (SSSR count). The molecule has 1 aliphatic heterocycles. The Kier molecular flexibility index (Phi) is 4.58. The maximum atomic E-state index is 12.6. The van der Waals surface area contributed by atoms with Crippen molar-refractivity contribution < 1.29 is 13.2 Å². The first-order chi connectivity index (χ1) is 9.82. The number of nitrogens with two attached hydrogens (primary N) is 1. The second kappa shape index (κ2) is 6.07. The molecular weight excluding hydrogens is 292 g/mol. The highest BCUT2D eigenvalue weighted by Crippen LogP contribution is 2.19. The van der Waals surface area contributed by atoms with Gasteiger partial charge < -0.3 is 4.90 Å². The Hall–Kier alpha value is -1.54. The van der Waals surface area contributed by atoms with Gasteiger partial charge in [-0.25, -0.2) is 13.6 Å². The Bertz CT molecular complexity index is 645. The number of carbonyl (C=O) groups excluding carboxylic acids is 1. The van der Waals surface area contributed by atoms with Crippen LogP contribution in [0.3, 0.4) is 0 Å². The smallest absolute Gasteiger partial charge is 0.255 e. The van der Waals surface area contributed by atoms with Crippen LogP contribution >= 0.6 is 0 Å². The summed E-state index contributed by atoms with van der Waals surface area (Å²) in [4.78, 5) is 14.2. The summed E-state index contributed by atoms with van der Waals surface area (Å²) in [5.41, 5.74) is 1.79. The van der Waals surface area contributed by atoms with E-state index in [1.165, 1.54) is 0 Å². The highest BCUT2D eigenvalue weighted by Gasteiger charge is 2.31. The van der Waals surface area contributed by atoms with Gasteiger partial charge in [0.15, 0.2) is 0 Å². The van der Waals surface area contributed by atoms with Crippen LogP contribution in [0.25, 0.3) is 0 Å². The van der Waals surface area contributed by atoms with Crippen LogP contribution in [0, 0.1) is 6.92 Å². The molecule has 0 spiro atoms. The molecule has 0 bridgehead atoms. The zero-order valence-corrected chi connectivity index (χ0v) is 13.1. The van der Waals surface area contributed by atoms with Crippen molar-refractivity contribution in [3.05, 3.63) is 23.0 Å². The zero-order valence-electron chi connectivity index (χ0n) is 12.2. The Labute approximate surface area is 124 Å². The van der Waals surface area contributed by atoms with Gasteiger partial charge in [-0.1, -0.05) is 6.92 Å². The van der Waals surface area contributed by atoms with E-state index in [4.69, 9.17) is 5.14 Å². The highest BCUT2D eigenvalue weighted by atomic mass is 32.2. The van der Waals surface area contributed by atoms with Gasteiger partial charge in [-0.05, 0) is 32.3 Å². The van der Waals surface area contributed by atoms with Crippen LogP contribution in [0.5, 0.6) is 0 Å². The van der Waals surface area contributed by atoms with E-state index in [1.54, 1.807) is 17.9 Å². The quantitative estimate of drug-likeness (QED) is 0.860. The number of carbonyl (C=O) groups is 1. The summed E-state index contributed by atoms with van der Waals surface area (Å²) in [5.74, 6) is -0.196. The molecular formula is C13H20N4O3S. The molecule has 116 valence electrons. The van der Waals surface area contributed by atoms with Crippen molar-refractivity contribution in [1.29, 1.82) is 0 Å². The van der Waals surface area contributed by atoms with Gasteiger partial charge in [0.05, 0.1) is 22.2 Å². The van der Waals surface area contributed by atoms with E-state index in [0.29, 0.717) is 42.8 Å². The van der Waals surface area contributed by atoms with Crippen molar-refractivity contribution in [2.75, 3.05) is 13.1 Å². The Balaban J connectivity index is 2.26. The number of hydrogen-bond acceptors (Lipinski definition) is 5. The number of aromatic nitrogens is 2. The minimum Gasteiger partial charge on any atom is -0.337 e. The zero-order chi connectivity index (χ0) is 15.6. The molecule has 8 heteroatoms. The molecule has 1 aromatic rings. The summed E-state index contributed by atoms with van der Waals surface area (Å²) in [5, 5.41) is 12.5. The van der Waals surface area contributed by atoms with Crippen molar-refractivity contribution in [3.8, 4) is 0 Å². The summed E-state index contributed by atoms with van der Waals surface area (Å²) in [6.45, 7) is 4.35. The molecule has 1 aliphatic rings. The van der Waals surface area contributed by atoms with E-state index >= 15 is 0 Å². The number of piperidine rings is 1. The van der Waals surface area contributed by atoms with Crippen LogP contribution < -0.4 is 5.14 Å². The summed E-state index contributed by atoms with van der Waals surface area (Å²) < 4.78 is 23.0. The summed E-state index contributed by atoms with van der Waals surface area (Å²) in [6.07, 6.45) is 1.73. The van der Waals surface area contributed by atoms with Crippen LogP contribution in [-0.4, -0.2) is 47.8 Å². The monoisotopic (exact) mass is 312 g/mol. The first-order valence-corrected chi connectivity index (χ1v) is 8.58. The molecule has 2 heterocycles. The largest absolute Gasteiger partial charge is 0.337 e. The summed E-state index contributed by atoms with van der Waals surface area (Å²) in [6, 6.07) is 1.70. The Morgan fingerprint density at radius 3 is 2.81 bits per heavy atom. The predicted octanol–water partition coefficient (Wildman–Crippen LogP) is 0.241. The van der Waals surface area contributed by atoms with E-state index in [0.717, 1.165) is 0 Å². The van der Waals surface area contributed by atoms with Crippen molar-refractivity contribution in [1.82, 2.24) is 15.1 Å². The normalized spacial score (nSPS) is 19.6. The Morgan fingerprint density at radius 1 is 1.48 bits per heavy atom. The van der Waals surface area contributed by atoms with Gasteiger partial charge in [0.1, 0.15) is 0 Å². The number of amides is 1. The lowest BCUT2D eigenvalue weighted by Gasteiger charge is -2.31. The molecule has 2 N–H and O–H groups in total. The lowest BCUT2D eigenvalue weighted by Crippen LogP contribution is -2.47. The van der Waals surface area contributed by atoms with E-state index < -0.39 is 15.3 Å². The topological polar surface area (TPSA) is 106 Å². The summed E-state index contributed by atoms with van der Waals surface area (Å²) in [7, 11) is -3.62. The van der Waals surface area contributed by atoms with Gasteiger partial charge in [0, 0.05) is 13.1 Å². The standard InChI is InChI=1S/C13H20N4O3S/c1-3-12-11(7-9(2)15-16-12)13(18)17-6-4-5-10(8-17)21(14,19)20/h7,10H,3-6,8H2,1-2H3,(H2,14,19,20). The van der Waals surface area contributed by atoms with Gasteiger partial charge in [0.25, 0.3) is 5.91 Å². The minimum atomic E-state index is -3.62. The average molecular weight is 312 g/mol. The highest BCUT2D eigenvalue weighted by molar-refractivity contribution is 7.89. The number of primary sulfonamides is 1. The average Bonchev–Trinajstić information content (AvgIpc) is 2.45. The Morgan fingerprint density at radius 2 is 2.19 bits per heavy atom. The third kappa shape index (κ3) is 3.56. The lowest BCUT2D eigenvalue weighted by atomic mass is 10.1. The van der Waals surface area contributed by atoms with Crippen molar-refractivity contribution in [3.63, 3.8) is 0 Å². The number of likely N-dealkylation sites (tertiary alicyclic amines) is 1. The molecule has 1 fully saturated rings. The maximum Gasteiger partial charge on any atom is 0.255 e. The first-order valence-electron chi connectivity index (χ1n) is 6.97. The van der Waals surface area contributed by atoms with E-state index in [-0.39, 0.29) is 12.5 Å².